The highest BCUT2D eigenvalue weighted by Gasteiger charge is 2.31. The molecule has 2 N–H and O–H groups in total. The lowest BCUT2D eigenvalue weighted by Gasteiger charge is -2.41. The van der Waals surface area contributed by atoms with Gasteiger partial charge >= 0.3 is 0 Å². The average Bonchev–Trinajstić information content (AvgIpc) is 2.41. The second-order valence-electron chi connectivity index (χ2n) is 5.93. The Kier molecular flexibility index (Phi) is 4.53. The van der Waals surface area contributed by atoms with Crippen LogP contribution in [0.2, 0.25) is 0 Å². The molecule has 4 heteroatoms. The summed E-state index contributed by atoms with van der Waals surface area (Å²) in [6, 6.07) is 7.53. The predicted octanol–water partition coefficient (Wildman–Crippen LogP) is 2.54. The number of likely N-dealkylation sites (tertiary alicyclic amines) is 1. The molecule has 0 radical (unpaired) electrons. The van der Waals surface area contributed by atoms with Crippen LogP contribution in [0, 0.1) is 11.8 Å². The van der Waals surface area contributed by atoms with E-state index >= 15 is 0 Å². The smallest absolute Gasteiger partial charge is 0.260 e. The van der Waals surface area contributed by atoms with Crippen molar-refractivity contribution in [2.75, 3.05) is 18.9 Å². The normalized spacial score (nSPS) is 26.4. The number of hydrogen-bond acceptors (Lipinski definition) is 3. The van der Waals surface area contributed by atoms with E-state index in [4.69, 9.17) is 10.5 Å². The maximum atomic E-state index is 12.3. The van der Waals surface area contributed by atoms with Crippen LogP contribution in [0.5, 0.6) is 5.75 Å². The monoisotopic (exact) mass is 276 g/mol. The molecule has 0 aliphatic carbocycles. The number of anilines is 1. The zero-order valence-electron chi connectivity index (χ0n) is 12.5. The van der Waals surface area contributed by atoms with Crippen molar-refractivity contribution in [3.8, 4) is 5.75 Å². The molecule has 1 aromatic carbocycles. The van der Waals surface area contributed by atoms with E-state index in [0.29, 0.717) is 23.3 Å². The number of carbonyl (C=O) groups is 1. The quantitative estimate of drug-likeness (QED) is 0.863. The van der Waals surface area contributed by atoms with Crippen molar-refractivity contribution in [3.05, 3.63) is 24.3 Å². The minimum Gasteiger partial charge on any atom is -0.482 e. The molecule has 3 atom stereocenters. The minimum absolute atomic E-state index is 0.0409. The van der Waals surface area contributed by atoms with Gasteiger partial charge in [0.15, 0.2) is 6.61 Å². The molecule has 1 aromatic rings. The number of benzene rings is 1. The number of piperidine rings is 1. The summed E-state index contributed by atoms with van der Waals surface area (Å²) in [5.74, 6) is 1.70. The van der Waals surface area contributed by atoms with E-state index in [1.165, 1.54) is 6.42 Å². The standard InChI is InChI=1S/C16H24N2O2/c1-11-8-12(2)13(3)18(9-11)16(19)10-20-15-7-5-4-6-14(15)17/h4-7,11-13H,8-10,17H2,1-3H3. The number of hydrogen-bond donors (Lipinski definition) is 1. The Hall–Kier alpha value is -1.71. The third-order valence-electron chi connectivity index (χ3n) is 4.19. The molecule has 1 fully saturated rings. The van der Waals surface area contributed by atoms with Crippen molar-refractivity contribution >= 4 is 11.6 Å². The van der Waals surface area contributed by atoms with E-state index in [1.54, 1.807) is 12.1 Å². The van der Waals surface area contributed by atoms with Crippen LogP contribution in [0.3, 0.4) is 0 Å². The molecular formula is C16H24N2O2. The van der Waals surface area contributed by atoms with Gasteiger partial charge in [-0.05, 0) is 37.3 Å². The number of para-hydroxylation sites is 2. The van der Waals surface area contributed by atoms with Gasteiger partial charge < -0.3 is 15.4 Å². The zero-order chi connectivity index (χ0) is 14.7. The lowest BCUT2D eigenvalue weighted by Crippen LogP contribution is -2.50. The van der Waals surface area contributed by atoms with Crippen LogP contribution in [-0.2, 0) is 4.79 Å². The van der Waals surface area contributed by atoms with Crippen LogP contribution in [0.1, 0.15) is 27.2 Å². The molecule has 1 aliphatic heterocycles. The lowest BCUT2D eigenvalue weighted by atomic mass is 9.86. The Bertz CT molecular complexity index is 475. The van der Waals surface area contributed by atoms with E-state index in [0.717, 1.165) is 6.54 Å². The fourth-order valence-electron chi connectivity index (χ4n) is 2.88. The molecule has 2 rings (SSSR count). The van der Waals surface area contributed by atoms with Gasteiger partial charge in [0.2, 0.25) is 0 Å². The molecule has 0 bridgehead atoms. The Morgan fingerprint density at radius 2 is 2.05 bits per heavy atom. The summed E-state index contributed by atoms with van der Waals surface area (Å²) in [6.45, 7) is 7.39. The van der Waals surface area contributed by atoms with Crippen molar-refractivity contribution in [3.63, 3.8) is 0 Å². The first kappa shape index (κ1) is 14.7. The summed E-state index contributed by atoms with van der Waals surface area (Å²) in [6.07, 6.45) is 1.18. The molecule has 0 saturated carbocycles. The SMILES string of the molecule is CC1CC(C)C(C)N(C(=O)COc2ccccc2N)C1. The Labute approximate surface area is 120 Å². The average molecular weight is 276 g/mol. The molecule has 1 saturated heterocycles. The highest BCUT2D eigenvalue weighted by molar-refractivity contribution is 5.78. The molecule has 0 aromatic heterocycles. The van der Waals surface area contributed by atoms with Gasteiger partial charge in [-0.15, -0.1) is 0 Å². The first-order valence-electron chi connectivity index (χ1n) is 7.25. The Balaban J connectivity index is 1.96. The van der Waals surface area contributed by atoms with Gasteiger partial charge in [0, 0.05) is 12.6 Å². The molecule has 4 nitrogen and oxygen atoms in total. The third kappa shape index (κ3) is 3.24. The second kappa shape index (κ2) is 6.16. The van der Waals surface area contributed by atoms with E-state index in [1.807, 2.05) is 17.0 Å². The summed E-state index contributed by atoms with van der Waals surface area (Å²) in [4.78, 5) is 14.3. The number of nitrogen functional groups attached to an aromatic ring is 1. The van der Waals surface area contributed by atoms with Crippen LogP contribution < -0.4 is 10.5 Å². The highest BCUT2D eigenvalue weighted by Crippen LogP contribution is 2.27. The van der Waals surface area contributed by atoms with Crippen molar-refractivity contribution in [1.29, 1.82) is 0 Å². The van der Waals surface area contributed by atoms with Crippen molar-refractivity contribution in [2.45, 2.75) is 33.2 Å². The molecule has 20 heavy (non-hydrogen) atoms. The predicted molar refractivity (Wildman–Crippen MR) is 80.5 cm³/mol. The van der Waals surface area contributed by atoms with Gasteiger partial charge in [-0.2, -0.15) is 0 Å². The summed E-state index contributed by atoms with van der Waals surface area (Å²) >= 11 is 0. The Morgan fingerprint density at radius 1 is 1.35 bits per heavy atom. The van der Waals surface area contributed by atoms with Gasteiger partial charge in [-0.25, -0.2) is 0 Å². The van der Waals surface area contributed by atoms with Gasteiger partial charge in [0.25, 0.3) is 5.91 Å². The van der Waals surface area contributed by atoms with Gasteiger partial charge in [-0.1, -0.05) is 26.0 Å². The van der Waals surface area contributed by atoms with Crippen molar-refractivity contribution in [1.82, 2.24) is 4.90 Å². The fourth-order valence-corrected chi connectivity index (χ4v) is 2.88. The molecule has 110 valence electrons. The maximum absolute atomic E-state index is 12.3. The van der Waals surface area contributed by atoms with Crippen molar-refractivity contribution in [2.24, 2.45) is 11.8 Å². The topological polar surface area (TPSA) is 55.6 Å². The zero-order valence-corrected chi connectivity index (χ0v) is 12.5. The van der Waals surface area contributed by atoms with Gasteiger partial charge in [0.05, 0.1) is 5.69 Å². The molecule has 0 spiro atoms. The van der Waals surface area contributed by atoms with E-state index in [-0.39, 0.29) is 18.6 Å². The number of rotatable bonds is 3. The number of nitrogens with two attached hydrogens (primary N) is 1. The van der Waals surface area contributed by atoms with Crippen LogP contribution in [0.4, 0.5) is 5.69 Å². The number of ether oxygens (including phenoxy) is 1. The van der Waals surface area contributed by atoms with Crippen LogP contribution in [0.15, 0.2) is 24.3 Å². The summed E-state index contributed by atoms with van der Waals surface area (Å²) in [5.41, 5.74) is 6.37. The number of carbonyl (C=O) groups excluding carboxylic acids is 1. The van der Waals surface area contributed by atoms with E-state index < -0.39 is 0 Å². The first-order valence-corrected chi connectivity index (χ1v) is 7.25. The van der Waals surface area contributed by atoms with Crippen LogP contribution >= 0.6 is 0 Å². The van der Waals surface area contributed by atoms with Crippen LogP contribution in [0.25, 0.3) is 0 Å². The third-order valence-corrected chi connectivity index (χ3v) is 4.19. The van der Waals surface area contributed by atoms with Crippen molar-refractivity contribution < 1.29 is 9.53 Å². The fraction of sp³-hybridized carbons (Fsp3) is 0.562. The molecule has 1 amide bonds. The molecule has 3 unspecified atom stereocenters. The van der Waals surface area contributed by atoms with E-state index in [9.17, 15) is 4.79 Å². The second-order valence-corrected chi connectivity index (χ2v) is 5.93. The maximum Gasteiger partial charge on any atom is 0.260 e. The van der Waals surface area contributed by atoms with Gasteiger partial charge in [0.1, 0.15) is 5.75 Å². The minimum atomic E-state index is 0.0409. The lowest BCUT2D eigenvalue weighted by molar-refractivity contribution is -0.139. The summed E-state index contributed by atoms with van der Waals surface area (Å²) in [7, 11) is 0. The van der Waals surface area contributed by atoms with Crippen LogP contribution in [-0.4, -0.2) is 30.0 Å². The van der Waals surface area contributed by atoms with Gasteiger partial charge in [-0.3, -0.25) is 4.79 Å². The summed E-state index contributed by atoms with van der Waals surface area (Å²) in [5, 5.41) is 0. The number of nitrogens with zero attached hydrogens (tertiary/aromatic N) is 1. The number of amides is 1. The Morgan fingerprint density at radius 3 is 2.75 bits per heavy atom. The largest absolute Gasteiger partial charge is 0.482 e. The molecule has 1 aliphatic rings. The first-order chi connectivity index (χ1) is 9.49. The molecule has 1 heterocycles. The molecular weight excluding hydrogens is 252 g/mol. The summed E-state index contributed by atoms with van der Waals surface area (Å²) < 4.78 is 5.55. The highest BCUT2D eigenvalue weighted by atomic mass is 16.5. The van der Waals surface area contributed by atoms with E-state index in [2.05, 4.69) is 20.8 Å².